The number of carbonyl (C=O) groups is 1. The molecular weight excluding hydrogens is 366 g/mol. The van der Waals surface area contributed by atoms with Gasteiger partial charge in [0.25, 0.3) is 5.91 Å². The van der Waals surface area contributed by atoms with E-state index < -0.39 is 0 Å². The summed E-state index contributed by atoms with van der Waals surface area (Å²) in [6.45, 7) is 9.54. The summed E-state index contributed by atoms with van der Waals surface area (Å²) in [5.74, 6) is 1.07. The minimum absolute atomic E-state index is 0.0820. The fourth-order valence-corrected chi connectivity index (χ4v) is 3.99. The molecule has 0 bridgehead atoms. The molecule has 4 rings (SSSR count). The van der Waals surface area contributed by atoms with Crippen molar-refractivity contribution in [3.63, 3.8) is 0 Å². The molecule has 2 aromatic rings. The van der Waals surface area contributed by atoms with Gasteiger partial charge in [0.1, 0.15) is 5.82 Å². The summed E-state index contributed by atoms with van der Waals surface area (Å²) in [7, 11) is 0. The molecule has 8 nitrogen and oxygen atoms in total. The van der Waals surface area contributed by atoms with Crippen molar-refractivity contribution in [3.8, 4) is 0 Å². The van der Waals surface area contributed by atoms with Crippen molar-refractivity contribution in [2.24, 2.45) is 5.73 Å². The zero-order chi connectivity index (χ0) is 20.4. The minimum atomic E-state index is -0.0820. The van der Waals surface area contributed by atoms with Crippen LogP contribution in [0, 0.1) is 13.8 Å². The van der Waals surface area contributed by atoms with Crippen LogP contribution < -0.4 is 10.6 Å². The van der Waals surface area contributed by atoms with Gasteiger partial charge in [-0.25, -0.2) is 9.97 Å². The molecule has 2 aromatic heterocycles. The lowest BCUT2D eigenvalue weighted by Crippen LogP contribution is -2.48. The Labute approximate surface area is 171 Å². The number of aromatic nitrogens is 3. The maximum atomic E-state index is 13.1. The van der Waals surface area contributed by atoms with Crippen molar-refractivity contribution in [2.75, 3.05) is 44.2 Å². The Kier molecular flexibility index (Phi) is 5.73. The van der Waals surface area contributed by atoms with Gasteiger partial charge < -0.3 is 15.5 Å². The molecule has 29 heavy (non-hydrogen) atoms. The lowest BCUT2D eigenvalue weighted by Gasteiger charge is -2.34. The van der Waals surface area contributed by atoms with Crippen molar-refractivity contribution < 1.29 is 4.79 Å². The average molecular weight is 396 g/mol. The summed E-state index contributed by atoms with van der Waals surface area (Å²) in [5, 5.41) is 0. The number of amides is 1. The number of pyridine rings is 1. The van der Waals surface area contributed by atoms with Crippen LogP contribution in [0.15, 0.2) is 24.5 Å². The summed E-state index contributed by atoms with van der Waals surface area (Å²) in [5.41, 5.74) is 9.19. The molecule has 2 aliphatic rings. The third kappa shape index (κ3) is 4.38. The van der Waals surface area contributed by atoms with Gasteiger partial charge in [0, 0.05) is 75.5 Å². The van der Waals surface area contributed by atoms with Gasteiger partial charge in [-0.05, 0) is 38.0 Å². The van der Waals surface area contributed by atoms with E-state index in [2.05, 4.69) is 24.8 Å². The summed E-state index contributed by atoms with van der Waals surface area (Å²) in [4.78, 5) is 32.7. The number of piperazine rings is 1. The van der Waals surface area contributed by atoms with E-state index in [1.807, 2.05) is 43.3 Å². The van der Waals surface area contributed by atoms with Crippen LogP contribution >= 0.6 is 0 Å². The van der Waals surface area contributed by atoms with Gasteiger partial charge in [-0.1, -0.05) is 0 Å². The molecule has 1 amide bonds. The second kappa shape index (κ2) is 8.42. The van der Waals surface area contributed by atoms with Gasteiger partial charge >= 0.3 is 0 Å². The van der Waals surface area contributed by atoms with E-state index in [1.54, 1.807) is 0 Å². The first-order chi connectivity index (χ1) is 14.0. The van der Waals surface area contributed by atoms with Crippen LogP contribution in [0.25, 0.3) is 0 Å². The lowest BCUT2D eigenvalue weighted by atomic mass is 10.2. The SMILES string of the molecule is Cc1nc(C(=O)N2CCN(Cc3ccncc3)CC2)nc(N2CC[C@@H](N)C2)c1C. The maximum absolute atomic E-state index is 13.1. The number of nitrogens with zero attached hydrogens (tertiary/aromatic N) is 6. The number of aryl methyl sites for hydroxylation is 1. The van der Waals surface area contributed by atoms with Crippen molar-refractivity contribution in [1.29, 1.82) is 0 Å². The lowest BCUT2D eigenvalue weighted by molar-refractivity contribution is 0.0616. The zero-order valence-corrected chi connectivity index (χ0v) is 17.2. The van der Waals surface area contributed by atoms with E-state index in [0.717, 1.165) is 56.2 Å². The molecule has 0 aliphatic carbocycles. The molecule has 0 spiro atoms. The van der Waals surface area contributed by atoms with Crippen LogP contribution in [0.2, 0.25) is 0 Å². The van der Waals surface area contributed by atoms with Gasteiger partial charge in [0.15, 0.2) is 0 Å². The third-order valence-electron chi connectivity index (χ3n) is 5.89. The quantitative estimate of drug-likeness (QED) is 0.825. The molecule has 2 fully saturated rings. The van der Waals surface area contributed by atoms with E-state index in [-0.39, 0.29) is 11.9 Å². The summed E-state index contributed by atoms with van der Waals surface area (Å²) >= 11 is 0. The van der Waals surface area contributed by atoms with Crippen molar-refractivity contribution in [2.45, 2.75) is 32.9 Å². The largest absolute Gasteiger partial charge is 0.355 e. The van der Waals surface area contributed by atoms with Crippen LogP contribution in [-0.4, -0.2) is 76.0 Å². The highest BCUT2D eigenvalue weighted by Gasteiger charge is 2.28. The molecule has 2 aliphatic heterocycles. The van der Waals surface area contributed by atoms with Crippen LogP contribution in [0.5, 0.6) is 0 Å². The van der Waals surface area contributed by atoms with Crippen molar-refractivity contribution in [1.82, 2.24) is 24.8 Å². The smallest absolute Gasteiger partial charge is 0.291 e. The van der Waals surface area contributed by atoms with Crippen molar-refractivity contribution in [3.05, 3.63) is 47.2 Å². The Morgan fingerprint density at radius 3 is 2.48 bits per heavy atom. The second-order valence-corrected chi connectivity index (χ2v) is 8.00. The Morgan fingerprint density at radius 2 is 1.83 bits per heavy atom. The molecule has 1 atom stereocenters. The Morgan fingerprint density at radius 1 is 1.10 bits per heavy atom. The van der Waals surface area contributed by atoms with Gasteiger partial charge in [-0.2, -0.15) is 0 Å². The minimum Gasteiger partial charge on any atom is -0.355 e. The molecule has 2 N–H and O–H groups in total. The summed E-state index contributed by atoms with van der Waals surface area (Å²) < 4.78 is 0. The number of anilines is 1. The molecular formula is C21H29N7O. The first-order valence-corrected chi connectivity index (χ1v) is 10.3. The highest BCUT2D eigenvalue weighted by Crippen LogP contribution is 2.24. The Hall–Kier alpha value is -2.58. The third-order valence-corrected chi connectivity index (χ3v) is 5.89. The van der Waals surface area contributed by atoms with E-state index in [4.69, 9.17) is 5.73 Å². The number of rotatable bonds is 4. The van der Waals surface area contributed by atoms with Crippen molar-refractivity contribution >= 4 is 11.7 Å². The number of hydrogen-bond donors (Lipinski definition) is 1. The van der Waals surface area contributed by atoms with E-state index >= 15 is 0 Å². The summed E-state index contributed by atoms with van der Waals surface area (Å²) in [6.07, 6.45) is 4.58. The molecule has 2 saturated heterocycles. The number of hydrogen-bond acceptors (Lipinski definition) is 7. The Balaban J connectivity index is 1.43. The van der Waals surface area contributed by atoms with Gasteiger partial charge in [-0.3, -0.25) is 14.7 Å². The average Bonchev–Trinajstić information content (AvgIpc) is 3.17. The van der Waals surface area contributed by atoms with Crippen LogP contribution in [0.3, 0.4) is 0 Å². The fraction of sp³-hybridized carbons (Fsp3) is 0.524. The molecule has 154 valence electrons. The maximum Gasteiger partial charge on any atom is 0.291 e. The standard InChI is InChI=1S/C21H29N7O/c1-15-16(2)24-19(25-20(15)28-8-5-18(22)14-28)21(29)27-11-9-26(10-12-27)13-17-3-6-23-7-4-17/h3-4,6-7,18H,5,8-14,22H2,1-2H3/t18-/m1/s1. The monoisotopic (exact) mass is 395 g/mol. The molecule has 0 saturated carbocycles. The zero-order valence-electron chi connectivity index (χ0n) is 17.2. The molecule has 4 heterocycles. The van der Waals surface area contributed by atoms with Crippen LogP contribution in [-0.2, 0) is 6.54 Å². The second-order valence-electron chi connectivity index (χ2n) is 8.00. The molecule has 0 unspecified atom stereocenters. The normalized spacial score (nSPS) is 20.3. The number of carbonyl (C=O) groups excluding carboxylic acids is 1. The van der Waals surface area contributed by atoms with Gasteiger partial charge in [0.05, 0.1) is 0 Å². The predicted octanol–water partition coefficient (Wildman–Crippen LogP) is 0.984. The molecule has 0 radical (unpaired) electrons. The first-order valence-electron chi connectivity index (χ1n) is 10.3. The van der Waals surface area contributed by atoms with E-state index in [1.165, 1.54) is 5.56 Å². The summed E-state index contributed by atoms with van der Waals surface area (Å²) in [6, 6.07) is 4.23. The van der Waals surface area contributed by atoms with Crippen LogP contribution in [0.4, 0.5) is 5.82 Å². The highest BCUT2D eigenvalue weighted by molar-refractivity contribution is 5.91. The topological polar surface area (TPSA) is 91.5 Å². The predicted molar refractivity (Wildman–Crippen MR) is 112 cm³/mol. The van der Waals surface area contributed by atoms with Gasteiger partial charge in [-0.15, -0.1) is 0 Å². The van der Waals surface area contributed by atoms with Crippen LogP contribution in [0.1, 0.15) is 33.9 Å². The highest BCUT2D eigenvalue weighted by atomic mass is 16.2. The first kappa shape index (κ1) is 19.7. The Bertz CT molecular complexity index is 865. The number of nitrogens with two attached hydrogens (primary N) is 1. The van der Waals surface area contributed by atoms with Gasteiger partial charge in [0.2, 0.25) is 5.82 Å². The fourth-order valence-electron chi connectivity index (χ4n) is 3.99. The van der Waals surface area contributed by atoms with E-state index in [9.17, 15) is 4.79 Å². The molecule has 0 aromatic carbocycles. The molecule has 8 heteroatoms. The van der Waals surface area contributed by atoms with E-state index in [0.29, 0.717) is 18.9 Å².